The Labute approximate surface area is 105 Å². The number of aryl methyl sites for hydroxylation is 1. The molecule has 2 aromatic rings. The summed E-state index contributed by atoms with van der Waals surface area (Å²) in [4.78, 5) is 12.9. The number of hydrogen-bond acceptors (Lipinski definition) is 3. The van der Waals surface area contributed by atoms with Crippen LogP contribution in [0.25, 0.3) is 0 Å². The topological polar surface area (TPSA) is 39.8 Å². The van der Waals surface area contributed by atoms with Crippen LogP contribution >= 0.6 is 11.3 Å². The van der Waals surface area contributed by atoms with Crippen molar-refractivity contribution in [1.82, 2.24) is 14.3 Å². The highest BCUT2D eigenvalue weighted by molar-refractivity contribution is 7.09. The highest BCUT2D eigenvalue weighted by Crippen LogP contribution is 2.11. The lowest BCUT2D eigenvalue weighted by Gasteiger charge is -2.05. The number of thiazole rings is 1. The van der Waals surface area contributed by atoms with Gasteiger partial charge in [0.2, 0.25) is 0 Å². The summed E-state index contributed by atoms with van der Waals surface area (Å²) in [5.41, 5.74) is 1.97. The average Bonchev–Trinajstić information content (AvgIpc) is 2.80. The molecular weight excluding hydrogens is 234 g/mol. The van der Waals surface area contributed by atoms with Crippen LogP contribution in [0.2, 0.25) is 0 Å². The molecule has 0 radical (unpaired) electrons. The second kappa shape index (κ2) is 4.49. The molecule has 0 fully saturated rings. The van der Waals surface area contributed by atoms with Crippen molar-refractivity contribution >= 4 is 11.3 Å². The summed E-state index contributed by atoms with van der Waals surface area (Å²) in [7, 11) is 0. The first-order valence-corrected chi connectivity index (χ1v) is 6.51. The molecule has 0 aliphatic heterocycles. The number of aromatic nitrogens is 3. The van der Waals surface area contributed by atoms with Gasteiger partial charge in [-0.1, -0.05) is 11.3 Å². The van der Waals surface area contributed by atoms with Crippen molar-refractivity contribution in [3.8, 4) is 0 Å². The van der Waals surface area contributed by atoms with Crippen LogP contribution in [-0.2, 0) is 6.54 Å². The van der Waals surface area contributed by atoms with Gasteiger partial charge in [0, 0.05) is 22.8 Å². The predicted molar refractivity (Wildman–Crippen MR) is 69.8 cm³/mol. The molecule has 0 bridgehead atoms. The minimum atomic E-state index is 0.0964. The molecule has 2 heterocycles. The Morgan fingerprint density at radius 3 is 2.59 bits per heavy atom. The molecule has 0 atom stereocenters. The molecule has 2 rings (SSSR count). The summed E-state index contributed by atoms with van der Waals surface area (Å²) in [5.74, 6) is 0. The first-order chi connectivity index (χ1) is 7.99. The zero-order chi connectivity index (χ0) is 12.6. The summed E-state index contributed by atoms with van der Waals surface area (Å²) in [6.07, 6.45) is 1.96. The van der Waals surface area contributed by atoms with Crippen LogP contribution < -0.4 is 4.87 Å². The fourth-order valence-electron chi connectivity index (χ4n) is 1.68. The van der Waals surface area contributed by atoms with Crippen molar-refractivity contribution in [3.63, 3.8) is 0 Å². The minimum absolute atomic E-state index is 0.0964. The van der Waals surface area contributed by atoms with E-state index in [1.54, 1.807) is 4.57 Å². The van der Waals surface area contributed by atoms with Gasteiger partial charge in [0.1, 0.15) is 0 Å². The van der Waals surface area contributed by atoms with Gasteiger partial charge >= 0.3 is 4.87 Å². The predicted octanol–water partition coefficient (Wildman–Crippen LogP) is 2.35. The van der Waals surface area contributed by atoms with Gasteiger partial charge in [0.15, 0.2) is 0 Å². The zero-order valence-electron chi connectivity index (χ0n) is 10.6. The lowest BCUT2D eigenvalue weighted by Crippen LogP contribution is -2.16. The standard InChI is InChI=1S/C12H17N3OS/c1-8(2)15-6-5-11(13-15)7-14-9(3)10(4)17-12(14)16/h5-6,8H,7H2,1-4H3. The maximum atomic E-state index is 11.8. The molecule has 0 amide bonds. The van der Waals surface area contributed by atoms with Crippen molar-refractivity contribution in [2.75, 3.05) is 0 Å². The molecule has 0 spiro atoms. The summed E-state index contributed by atoms with van der Waals surface area (Å²) in [5, 5.41) is 4.46. The lowest BCUT2D eigenvalue weighted by molar-refractivity contribution is 0.523. The third-order valence-corrected chi connectivity index (χ3v) is 3.88. The highest BCUT2D eigenvalue weighted by Gasteiger charge is 2.09. The molecule has 0 saturated heterocycles. The highest BCUT2D eigenvalue weighted by atomic mass is 32.1. The van der Waals surface area contributed by atoms with E-state index in [0.717, 1.165) is 16.3 Å². The first-order valence-electron chi connectivity index (χ1n) is 5.70. The maximum absolute atomic E-state index is 11.8. The number of rotatable bonds is 3. The molecule has 0 aliphatic rings. The van der Waals surface area contributed by atoms with E-state index in [0.29, 0.717) is 12.6 Å². The smallest absolute Gasteiger partial charge is 0.297 e. The molecule has 4 nitrogen and oxygen atoms in total. The Hall–Kier alpha value is -1.36. The molecule has 5 heteroatoms. The van der Waals surface area contributed by atoms with Crippen LogP contribution in [0.1, 0.15) is 36.2 Å². The monoisotopic (exact) mass is 251 g/mol. The van der Waals surface area contributed by atoms with Crippen LogP contribution in [0, 0.1) is 13.8 Å². The van der Waals surface area contributed by atoms with Gasteiger partial charge < -0.3 is 0 Å². The fraction of sp³-hybridized carbons (Fsp3) is 0.500. The van der Waals surface area contributed by atoms with Gasteiger partial charge in [0.25, 0.3) is 0 Å². The second-order valence-corrected chi connectivity index (χ2v) is 5.64. The van der Waals surface area contributed by atoms with Gasteiger partial charge in [-0.05, 0) is 33.8 Å². The molecule has 17 heavy (non-hydrogen) atoms. The summed E-state index contributed by atoms with van der Waals surface area (Å²) in [6.45, 7) is 8.69. The number of nitrogens with zero attached hydrogens (tertiary/aromatic N) is 3. The molecule has 0 N–H and O–H groups in total. The van der Waals surface area contributed by atoms with Crippen LogP contribution in [0.4, 0.5) is 0 Å². The lowest BCUT2D eigenvalue weighted by atomic mass is 10.3. The van der Waals surface area contributed by atoms with Crippen LogP contribution in [0.5, 0.6) is 0 Å². The van der Waals surface area contributed by atoms with Crippen LogP contribution in [-0.4, -0.2) is 14.3 Å². The minimum Gasteiger partial charge on any atom is -0.297 e. The van der Waals surface area contributed by atoms with E-state index in [9.17, 15) is 4.79 Å². The van der Waals surface area contributed by atoms with E-state index in [4.69, 9.17) is 0 Å². The van der Waals surface area contributed by atoms with E-state index >= 15 is 0 Å². The van der Waals surface area contributed by atoms with E-state index in [1.165, 1.54) is 11.3 Å². The van der Waals surface area contributed by atoms with Crippen LogP contribution in [0.3, 0.4) is 0 Å². The Kier molecular flexibility index (Phi) is 3.19. The van der Waals surface area contributed by atoms with Gasteiger partial charge in [-0.15, -0.1) is 0 Å². The molecule has 92 valence electrons. The summed E-state index contributed by atoms with van der Waals surface area (Å²) >= 11 is 1.30. The molecule has 0 aliphatic carbocycles. The van der Waals surface area contributed by atoms with Crippen molar-refractivity contribution in [3.05, 3.63) is 38.2 Å². The SMILES string of the molecule is Cc1sc(=O)n(Cc2ccn(C(C)C)n2)c1C. The Balaban J connectivity index is 2.28. The average molecular weight is 251 g/mol. The summed E-state index contributed by atoms with van der Waals surface area (Å²) < 4.78 is 3.70. The van der Waals surface area contributed by atoms with Crippen molar-refractivity contribution in [2.45, 2.75) is 40.3 Å². The maximum Gasteiger partial charge on any atom is 0.307 e. The summed E-state index contributed by atoms with van der Waals surface area (Å²) in [6, 6.07) is 2.32. The van der Waals surface area contributed by atoms with E-state index in [2.05, 4.69) is 18.9 Å². The second-order valence-electron chi connectivity index (χ2n) is 4.48. The third-order valence-electron chi connectivity index (χ3n) is 2.89. The largest absolute Gasteiger partial charge is 0.307 e. The molecular formula is C12H17N3OS. The van der Waals surface area contributed by atoms with Crippen molar-refractivity contribution < 1.29 is 0 Å². The molecule has 0 unspecified atom stereocenters. The van der Waals surface area contributed by atoms with Crippen molar-refractivity contribution in [1.29, 1.82) is 0 Å². The Morgan fingerprint density at radius 2 is 2.12 bits per heavy atom. The number of hydrogen-bond donors (Lipinski definition) is 0. The van der Waals surface area contributed by atoms with Gasteiger partial charge in [-0.3, -0.25) is 14.0 Å². The molecule has 0 aromatic carbocycles. The zero-order valence-corrected chi connectivity index (χ0v) is 11.4. The van der Waals surface area contributed by atoms with Gasteiger partial charge in [-0.2, -0.15) is 5.10 Å². The first kappa shape index (κ1) is 12.1. The Morgan fingerprint density at radius 1 is 1.41 bits per heavy atom. The van der Waals surface area contributed by atoms with Gasteiger partial charge in [0.05, 0.1) is 12.2 Å². The molecule has 0 saturated carbocycles. The van der Waals surface area contributed by atoms with Gasteiger partial charge in [-0.25, -0.2) is 0 Å². The third kappa shape index (κ3) is 2.34. The van der Waals surface area contributed by atoms with Crippen molar-refractivity contribution in [2.24, 2.45) is 0 Å². The quantitative estimate of drug-likeness (QED) is 0.840. The van der Waals surface area contributed by atoms with E-state index in [-0.39, 0.29) is 4.87 Å². The molecule has 2 aromatic heterocycles. The van der Waals surface area contributed by atoms with E-state index < -0.39 is 0 Å². The van der Waals surface area contributed by atoms with E-state index in [1.807, 2.05) is 30.8 Å². The Bertz CT molecular complexity index is 577. The normalized spacial score (nSPS) is 11.4. The fourth-order valence-corrected chi connectivity index (χ4v) is 2.51. The van der Waals surface area contributed by atoms with Crippen LogP contribution in [0.15, 0.2) is 17.1 Å².